The summed E-state index contributed by atoms with van der Waals surface area (Å²) in [6.45, 7) is 2.61. The molecule has 4 heterocycles. The molecule has 1 atom stereocenters. The highest BCUT2D eigenvalue weighted by atomic mass is 19.3. The van der Waals surface area contributed by atoms with E-state index in [-0.39, 0.29) is 19.3 Å². The predicted octanol–water partition coefficient (Wildman–Crippen LogP) is 2.81. The Morgan fingerprint density at radius 2 is 2.10 bits per heavy atom. The first-order valence-corrected chi connectivity index (χ1v) is 9.68. The molecule has 1 fully saturated rings. The third-order valence-electron chi connectivity index (χ3n) is 5.91. The Morgan fingerprint density at radius 3 is 2.76 bits per heavy atom. The van der Waals surface area contributed by atoms with E-state index in [1.54, 1.807) is 17.9 Å². The maximum Gasteiger partial charge on any atom is 0.252 e. The summed E-state index contributed by atoms with van der Waals surface area (Å²) in [6.07, 6.45) is 2.96. The van der Waals surface area contributed by atoms with Gasteiger partial charge in [0.25, 0.3) is 5.92 Å². The van der Waals surface area contributed by atoms with E-state index in [0.717, 1.165) is 12.8 Å². The average Bonchev–Trinajstić information content (AvgIpc) is 3.42. The normalized spacial score (nSPS) is 23.3. The lowest BCUT2D eigenvalue weighted by atomic mass is 9.82. The second-order valence-electron chi connectivity index (χ2n) is 7.93. The number of aromatic nitrogens is 7. The van der Waals surface area contributed by atoms with Crippen LogP contribution in [0.25, 0.3) is 22.6 Å². The Bertz CT molecular complexity index is 1050. The van der Waals surface area contributed by atoms with E-state index in [4.69, 9.17) is 9.72 Å². The van der Waals surface area contributed by atoms with Gasteiger partial charge in [-0.3, -0.25) is 9.67 Å². The van der Waals surface area contributed by atoms with Gasteiger partial charge < -0.3 is 4.74 Å². The van der Waals surface area contributed by atoms with Gasteiger partial charge in [-0.25, -0.2) is 8.78 Å². The van der Waals surface area contributed by atoms with Gasteiger partial charge >= 0.3 is 0 Å². The van der Waals surface area contributed by atoms with Crippen LogP contribution in [0.15, 0.2) is 12.3 Å². The maximum absolute atomic E-state index is 14.4. The van der Waals surface area contributed by atoms with Gasteiger partial charge in [0.15, 0.2) is 0 Å². The molecular weight excluding hydrogens is 380 g/mol. The molecule has 1 N–H and O–H groups in total. The molecule has 1 saturated heterocycles. The van der Waals surface area contributed by atoms with Gasteiger partial charge in [0.1, 0.15) is 5.60 Å². The third kappa shape index (κ3) is 2.93. The van der Waals surface area contributed by atoms with E-state index in [0.29, 0.717) is 46.2 Å². The highest BCUT2D eigenvalue weighted by Gasteiger charge is 2.43. The Morgan fingerprint density at radius 1 is 1.24 bits per heavy atom. The van der Waals surface area contributed by atoms with Crippen molar-refractivity contribution in [3.8, 4) is 22.6 Å². The number of pyridine rings is 1. The number of ether oxygens (including phenoxy) is 1. The van der Waals surface area contributed by atoms with Crippen LogP contribution in [0, 0.1) is 0 Å². The Hall–Kier alpha value is -2.75. The molecule has 0 radical (unpaired) electrons. The molecule has 0 spiro atoms. The fourth-order valence-corrected chi connectivity index (χ4v) is 4.45. The molecular formula is C19H21F2N7O. The van der Waals surface area contributed by atoms with Crippen molar-refractivity contribution in [2.45, 2.75) is 50.6 Å². The van der Waals surface area contributed by atoms with Crippen molar-refractivity contribution in [1.82, 2.24) is 35.4 Å². The summed E-state index contributed by atoms with van der Waals surface area (Å²) in [4.78, 5) is 4.88. The van der Waals surface area contributed by atoms with Crippen molar-refractivity contribution >= 4 is 0 Å². The number of H-pyrrole nitrogens is 1. The zero-order valence-electron chi connectivity index (χ0n) is 16.2. The summed E-state index contributed by atoms with van der Waals surface area (Å²) in [7, 11) is 1.79. The minimum Gasteiger partial charge on any atom is -0.369 e. The van der Waals surface area contributed by atoms with E-state index >= 15 is 0 Å². The van der Waals surface area contributed by atoms with Crippen LogP contribution in [-0.2, 0) is 30.2 Å². The zero-order valence-corrected chi connectivity index (χ0v) is 16.2. The molecule has 0 bridgehead atoms. The number of halogens is 2. The largest absolute Gasteiger partial charge is 0.369 e. The van der Waals surface area contributed by atoms with Crippen LogP contribution in [-0.4, -0.2) is 47.9 Å². The number of hydrogen-bond acceptors (Lipinski definition) is 6. The van der Waals surface area contributed by atoms with E-state index in [1.807, 2.05) is 13.0 Å². The number of rotatable bonds is 3. The van der Waals surface area contributed by atoms with Crippen LogP contribution in [0.5, 0.6) is 0 Å². The minimum atomic E-state index is -2.79. The molecule has 3 aromatic heterocycles. The van der Waals surface area contributed by atoms with Gasteiger partial charge in [0.2, 0.25) is 5.82 Å². The summed E-state index contributed by atoms with van der Waals surface area (Å²) in [5.41, 5.74) is 3.19. The second-order valence-corrected chi connectivity index (χ2v) is 7.93. The van der Waals surface area contributed by atoms with Crippen molar-refractivity contribution in [3.63, 3.8) is 0 Å². The first kappa shape index (κ1) is 18.3. The van der Waals surface area contributed by atoms with Crippen LogP contribution >= 0.6 is 0 Å². The number of aryl methyl sites for hydroxylation is 2. The van der Waals surface area contributed by atoms with Crippen molar-refractivity contribution in [3.05, 3.63) is 29.2 Å². The molecule has 1 aliphatic heterocycles. The number of nitrogens with zero attached hydrogens (tertiary/aromatic N) is 6. The van der Waals surface area contributed by atoms with Crippen molar-refractivity contribution in [2.24, 2.45) is 7.05 Å². The molecule has 0 saturated carbocycles. The molecule has 5 rings (SSSR count). The Balaban J connectivity index is 1.88. The maximum atomic E-state index is 14.4. The number of fused-ring (bicyclic) bond motifs is 1. The lowest BCUT2D eigenvalue weighted by molar-refractivity contribution is -0.0131. The Kier molecular flexibility index (Phi) is 4.02. The summed E-state index contributed by atoms with van der Waals surface area (Å²) < 4.78 is 36.6. The van der Waals surface area contributed by atoms with Crippen LogP contribution in [0.2, 0.25) is 0 Å². The van der Waals surface area contributed by atoms with Crippen LogP contribution < -0.4 is 0 Å². The van der Waals surface area contributed by atoms with Crippen LogP contribution in [0.1, 0.15) is 43.1 Å². The lowest BCUT2D eigenvalue weighted by Gasteiger charge is -2.32. The van der Waals surface area contributed by atoms with Crippen LogP contribution in [0.3, 0.4) is 0 Å². The highest BCUT2D eigenvalue weighted by Crippen LogP contribution is 2.47. The average molecular weight is 401 g/mol. The monoisotopic (exact) mass is 401 g/mol. The number of hydrogen-bond donors (Lipinski definition) is 1. The number of aromatic amines is 1. The molecule has 2 aliphatic rings. The summed E-state index contributed by atoms with van der Waals surface area (Å²) in [6, 6.07) is 1.81. The standard InChI is InChI=1S/C19H21F2N7O/c1-18(6-3-9-29-18)16-15(17-24-26-27-25-17)14(13-5-8-22-28(13)2)11-10-19(20,21)7-4-12(11)23-16/h5,8H,3-4,6-7,9-10H2,1-2H3,(H,24,25,26,27). The molecule has 3 aromatic rings. The first-order chi connectivity index (χ1) is 13.9. The fourth-order valence-electron chi connectivity index (χ4n) is 4.45. The Labute approximate surface area is 165 Å². The van der Waals surface area contributed by atoms with Crippen LogP contribution in [0.4, 0.5) is 8.78 Å². The molecule has 1 unspecified atom stereocenters. The molecule has 1 aliphatic carbocycles. The highest BCUT2D eigenvalue weighted by molar-refractivity contribution is 5.84. The molecule has 0 amide bonds. The topological polar surface area (TPSA) is 94.4 Å². The molecule has 8 nitrogen and oxygen atoms in total. The van der Waals surface area contributed by atoms with Gasteiger partial charge in [-0.1, -0.05) is 0 Å². The minimum absolute atomic E-state index is 0.211. The quantitative estimate of drug-likeness (QED) is 0.725. The summed E-state index contributed by atoms with van der Waals surface area (Å²) in [5.74, 6) is -2.47. The second kappa shape index (κ2) is 6.38. The first-order valence-electron chi connectivity index (χ1n) is 9.68. The van der Waals surface area contributed by atoms with Gasteiger partial charge in [-0.05, 0) is 43.0 Å². The fraction of sp³-hybridized carbons (Fsp3) is 0.526. The molecule has 29 heavy (non-hydrogen) atoms. The number of tetrazole rings is 1. The molecule has 152 valence electrons. The van der Waals surface area contributed by atoms with Crippen molar-refractivity contribution < 1.29 is 13.5 Å². The van der Waals surface area contributed by atoms with Gasteiger partial charge in [0, 0.05) is 44.0 Å². The third-order valence-corrected chi connectivity index (χ3v) is 5.91. The lowest BCUT2D eigenvalue weighted by Crippen LogP contribution is -2.31. The van der Waals surface area contributed by atoms with E-state index in [9.17, 15) is 8.78 Å². The number of alkyl halides is 2. The van der Waals surface area contributed by atoms with Gasteiger partial charge in [-0.2, -0.15) is 10.3 Å². The van der Waals surface area contributed by atoms with Gasteiger partial charge in [0.05, 0.1) is 17.0 Å². The SMILES string of the molecule is Cn1nccc1-c1c2c(nc(C3(C)CCCO3)c1-c1nn[nH]n1)CCC(F)(F)C2. The van der Waals surface area contributed by atoms with E-state index in [2.05, 4.69) is 25.7 Å². The summed E-state index contributed by atoms with van der Waals surface area (Å²) in [5, 5.41) is 18.8. The van der Waals surface area contributed by atoms with E-state index < -0.39 is 11.5 Å². The molecule has 10 heteroatoms. The van der Waals surface area contributed by atoms with Crippen molar-refractivity contribution in [2.75, 3.05) is 6.61 Å². The van der Waals surface area contributed by atoms with Crippen molar-refractivity contribution in [1.29, 1.82) is 0 Å². The van der Waals surface area contributed by atoms with E-state index in [1.165, 1.54) is 0 Å². The van der Waals surface area contributed by atoms with Gasteiger partial charge in [-0.15, -0.1) is 10.2 Å². The predicted molar refractivity (Wildman–Crippen MR) is 99.1 cm³/mol. The zero-order chi connectivity index (χ0) is 20.2. The summed E-state index contributed by atoms with van der Waals surface area (Å²) >= 11 is 0. The number of nitrogens with one attached hydrogen (secondary N) is 1. The smallest absolute Gasteiger partial charge is 0.252 e. The molecule has 0 aromatic carbocycles.